The lowest BCUT2D eigenvalue weighted by molar-refractivity contribution is -0.00179. The topological polar surface area (TPSA) is 99.2 Å². The van der Waals surface area contributed by atoms with Crippen LogP contribution in [0, 0.1) is 0 Å². The third kappa shape index (κ3) is 6.30. The Morgan fingerprint density at radius 1 is 1.22 bits per heavy atom. The first-order valence-corrected chi connectivity index (χ1v) is 10.7. The van der Waals surface area contributed by atoms with Crippen LogP contribution in [0.3, 0.4) is 0 Å². The summed E-state index contributed by atoms with van der Waals surface area (Å²) >= 11 is 1.47. The van der Waals surface area contributed by atoms with Crippen LogP contribution in [-0.4, -0.2) is 51.8 Å². The first-order valence-electron chi connectivity index (χ1n) is 9.79. The molecule has 0 aliphatic heterocycles. The molecule has 3 rings (SSSR count). The van der Waals surface area contributed by atoms with Crippen molar-refractivity contribution >= 4 is 44.7 Å². The Kier molecular flexibility index (Phi) is 6.89. The number of hydrogen-bond acceptors (Lipinski definition) is 7. The average molecular weight is 468 g/mol. The van der Waals surface area contributed by atoms with E-state index in [0.717, 1.165) is 17.1 Å². The van der Waals surface area contributed by atoms with Gasteiger partial charge in [-0.3, -0.25) is 4.79 Å². The van der Waals surface area contributed by atoms with E-state index < -0.39 is 36.7 Å². The SMILES string of the molecule is CC(F)(F)CNc1cc(Nc2ccc3ncsc3c2)ncc1C(=O)NCC(F)C(C)(C)O. The lowest BCUT2D eigenvalue weighted by Gasteiger charge is -2.23. The van der Waals surface area contributed by atoms with Gasteiger partial charge in [-0.15, -0.1) is 11.3 Å². The summed E-state index contributed by atoms with van der Waals surface area (Å²) in [5.41, 5.74) is 1.74. The van der Waals surface area contributed by atoms with Gasteiger partial charge in [0.05, 0.1) is 45.7 Å². The van der Waals surface area contributed by atoms with Crippen LogP contribution < -0.4 is 16.0 Å². The summed E-state index contributed by atoms with van der Waals surface area (Å²) in [7, 11) is 0. The fraction of sp³-hybridized carbons (Fsp3) is 0.381. The van der Waals surface area contributed by atoms with E-state index in [1.807, 2.05) is 12.1 Å². The maximum atomic E-state index is 14.0. The molecule has 0 saturated carbocycles. The lowest BCUT2D eigenvalue weighted by Crippen LogP contribution is -2.42. The van der Waals surface area contributed by atoms with Gasteiger partial charge in [0.1, 0.15) is 12.0 Å². The molecule has 0 fully saturated rings. The monoisotopic (exact) mass is 467 g/mol. The molecule has 2 aromatic heterocycles. The summed E-state index contributed by atoms with van der Waals surface area (Å²) in [6.07, 6.45) is -0.491. The van der Waals surface area contributed by atoms with Crippen molar-refractivity contribution in [3.05, 3.63) is 41.5 Å². The smallest absolute Gasteiger partial charge is 0.262 e. The molecule has 32 heavy (non-hydrogen) atoms. The Morgan fingerprint density at radius 2 is 1.97 bits per heavy atom. The quantitative estimate of drug-likeness (QED) is 0.374. The molecular weight excluding hydrogens is 443 g/mol. The molecule has 0 spiro atoms. The van der Waals surface area contributed by atoms with Crippen LogP contribution in [0.5, 0.6) is 0 Å². The lowest BCUT2D eigenvalue weighted by atomic mass is 10.0. The number of alkyl halides is 3. The summed E-state index contributed by atoms with van der Waals surface area (Å²) in [6, 6.07) is 6.94. The number of nitrogens with zero attached hydrogens (tertiary/aromatic N) is 2. The van der Waals surface area contributed by atoms with Crippen molar-refractivity contribution in [3.8, 4) is 0 Å². The van der Waals surface area contributed by atoms with Gasteiger partial charge in [-0.2, -0.15) is 0 Å². The summed E-state index contributed by atoms with van der Waals surface area (Å²) in [6.45, 7) is 2.17. The van der Waals surface area contributed by atoms with Crippen LogP contribution in [0.15, 0.2) is 36.0 Å². The van der Waals surface area contributed by atoms with Gasteiger partial charge in [-0.25, -0.2) is 23.1 Å². The molecule has 0 aliphatic rings. The molecule has 7 nitrogen and oxygen atoms in total. The Hall–Kier alpha value is -2.92. The number of amides is 1. The van der Waals surface area contributed by atoms with Gasteiger partial charge < -0.3 is 21.1 Å². The van der Waals surface area contributed by atoms with Crippen molar-refractivity contribution in [2.45, 2.75) is 38.5 Å². The molecular formula is C21H24F3N5O2S. The van der Waals surface area contributed by atoms with Gasteiger partial charge in [0.25, 0.3) is 11.8 Å². The molecule has 1 aromatic carbocycles. The Labute approximate surface area is 187 Å². The molecule has 2 heterocycles. The number of pyridine rings is 1. The first-order chi connectivity index (χ1) is 14.9. The maximum Gasteiger partial charge on any atom is 0.262 e. The minimum absolute atomic E-state index is 0.0272. The summed E-state index contributed by atoms with van der Waals surface area (Å²) in [4.78, 5) is 21.0. The van der Waals surface area contributed by atoms with Gasteiger partial charge in [-0.05, 0) is 32.0 Å². The predicted octanol–water partition coefficient (Wildman–Crippen LogP) is 4.34. The maximum absolute atomic E-state index is 14.0. The third-order valence-electron chi connectivity index (χ3n) is 4.55. The van der Waals surface area contributed by atoms with Crippen LogP contribution >= 0.6 is 11.3 Å². The molecule has 0 bridgehead atoms. The first kappa shape index (κ1) is 23.7. The Balaban J connectivity index is 1.81. The van der Waals surface area contributed by atoms with E-state index in [1.54, 1.807) is 11.6 Å². The molecule has 0 radical (unpaired) electrons. The molecule has 1 unspecified atom stereocenters. The standard InChI is InChI=1S/C21H24F3N5O2S/c1-20(2,31)17(22)9-26-19(30)13-8-25-18(7-15(13)27-10-21(3,23)24)29-12-4-5-14-16(6-12)32-11-28-14/h4-8,11,17,31H,9-10H2,1-3H3,(H,26,30)(H2,25,27,29). The van der Waals surface area contributed by atoms with Crippen molar-refractivity contribution in [1.29, 1.82) is 0 Å². The normalized spacial score (nSPS) is 13.1. The Bertz CT molecular complexity index is 1090. The predicted molar refractivity (Wildman–Crippen MR) is 120 cm³/mol. The number of carbonyl (C=O) groups is 1. The highest BCUT2D eigenvalue weighted by Gasteiger charge is 2.27. The highest BCUT2D eigenvalue weighted by molar-refractivity contribution is 7.16. The number of aromatic nitrogens is 2. The number of carbonyl (C=O) groups excluding carboxylic acids is 1. The number of hydrogen-bond donors (Lipinski definition) is 4. The zero-order valence-corrected chi connectivity index (χ0v) is 18.6. The number of aliphatic hydroxyl groups is 1. The van der Waals surface area contributed by atoms with Crippen molar-refractivity contribution in [1.82, 2.24) is 15.3 Å². The molecule has 172 valence electrons. The van der Waals surface area contributed by atoms with E-state index in [1.165, 1.54) is 37.4 Å². The minimum atomic E-state index is -3.02. The van der Waals surface area contributed by atoms with E-state index in [4.69, 9.17) is 0 Å². The van der Waals surface area contributed by atoms with E-state index in [9.17, 15) is 23.1 Å². The number of halogens is 3. The Morgan fingerprint density at radius 3 is 2.66 bits per heavy atom. The van der Waals surface area contributed by atoms with Gasteiger partial charge in [0, 0.05) is 24.9 Å². The largest absolute Gasteiger partial charge is 0.387 e. The second-order valence-electron chi connectivity index (χ2n) is 8.03. The summed E-state index contributed by atoms with van der Waals surface area (Å²) < 4.78 is 41.8. The number of anilines is 3. The van der Waals surface area contributed by atoms with E-state index >= 15 is 0 Å². The van der Waals surface area contributed by atoms with Crippen molar-refractivity contribution < 1.29 is 23.1 Å². The van der Waals surface area contributed by atoms with E-state index in [-0.39, 0.29) is 11.3 Å². The van der Waals surface area contributed by atoms with Crippen molar-refractivity contribution in [3.63, 3.8) is 0 Å². The fourth-order valence-electron chi connectivity index (χ4n) is 2.71. The summed E-state index contributed by atoms with van der Waals surface area (Å²) in [5, 5.41) is 17.7. The molecule has 11 heteroatoms. The fourth-order valence-corrected chi connectivity index (χ4v) is 3.43. The number of fused-ring (bicyclic) bond motifs is 1. The van der Waals surface area contributed by atoms with Crippen LogP contribution in [-0.2, 0) is 0 Å². The second-order valence-corrected chi connectivity index (χ2v) is 8.92. The van der Waals surface area contributed by atoms with Gasteiger partial charge in [0.2, 0.25) is 0 Å². The average Bonchev–Trinajstić information content (AvgIpc) is 3.17. The van der Waals surface area contributed by atoms with E-state index in [2.05, 4.69) is 25.9 Å². The third-order valence-corrected chi connectivity index (χ3v) is 5.34. The van der Waals surface area contributed by atoms with Gasteiger partial charge >= 0.3 is 0 Å². The van der Waals surface area contributed by atoms with Crippen LogP contribution in [0.4, 0.5) is 30.4 Å². The molecule has 3 aromatic rings. The van der Waals surface area contributed by atoms with E-state index in [0.29, 0.717) is 11.5 Å². The molecule has 1 atom stereocenters. The van der Waals surface area contributed by atoms with Gasteiger partial charge in [-0.1, -0.05) is 0 Å². The molecule has 4 N–H and O–H groups in total. The molecule has 0 saturated heterocycles. The highest BCUT2D eigenvalue weighted by atomic mass is 32.1. The van der Waals surface area contributed by atoms with Crippen molar-refractivity contribution in [2.75, 3.05) is 23.7 Å². The zero-order chi connectivity index (χ0) is 23.5. The number of nitrogens with one attached hydrogen (secondary N) is 3. The second kappa shape index (κ2) is 9.29. The van der Waals surface area contributed by atoms with Crippen LogP contribution in [0.1, 0.15) is 31.1 Å². The van der Waals surface area contributed by atoms with Crippen LogP contribution in [0.25, 0.3) is 10.2 Å². The number of rotatable bonds is 9. The summed E-state index contributed by atoms with van der Waals surface area (Å²) in [5.74, 6) is -3.40. The molecule has 0 aliphatic carbocycles. The minimum Gasteiger partial charge on any atom is -0.387 e. The van der Waals surface area contributed by atoms with Crippen molar-refractivity contribution in [2.24, 2.45) is 0 Å². The highest BCUT2D eigenvalue weighted by Crippen LogP contribution is 2.26. The van der Waals surface area contributed by atoms with Gasteiger partial charge in [0.15, 0.2) is 0 Å². The zero-order valence-electron chi connectivity index (χ0n) is 17.7. The number of benzene rings is 1. The van der Waals surface area contributed by atoms with Crippen LogP contribution in [0.2, 0.25) is 0 Å². The molecule has 1 amide bonds. The number of thiazole rings is 1.